The number of carbonyl (C=O) groups is 1. The van der Waals surface area contributed by atoms with Gasteiger partial charge in [-0.05, 0) is 37.5 Å². The van der Waals surface area contributed by atoms with Gasteiger partial charge in [0.05, 0.1) is 19.8 Å². The van der Waals surface area contributed by atoms with Gasteiger partial charge in [-0.25, -0.2) is 4.99 Å². The Morgan fingerprint density at radius 1 is 1.42 bits per heavy atom. The summed E-state index contributed by atoms with van der Waals surface area (Å²) in [5.74, 6) is 0.879. The molecule has 0 aromatic heterocycles. The van der Waals surface area contributed by atoms with Crippen molar-refractivity contribution in [2.24, 2.45) is 16.6 Å². The van der Waals surface area contributed by atoms with Crippen molar-refractivity contribution in [3.63, 3.8) is 0 Å². The zero-order valence-corrected chi connectivity index (χ0v) is 15.5. The summed E-state index contributed by atoms with van der Waals surface area (Å²) >= 11 is 0. The fourth-order valence-electron chi connectivity index (χ4n) is 2.68. The lowest BCUT2D eigenvalue weighted by molar-refractivity contribution is 0.0888. The number of hydrogen-bond acceptors (Lipinski definition) is 4. The van der Waals surface area contributed by atoms with E-state index < -0.39 is 5.91 Å². The minimum Gasteiger partial charge on any atom is -0.381 e. The van der Waals surface area contributed by atoms with Gasteiger partial charge in [-0.3, -0.25) is 4.79 Å². The summed E-state index contributed by atoms with van der Waals surface area (Å²) in [6, 6.07) is 7.23. The molecule has 0 saturated carbocycles. The molecule has 1 fully saturated rings. The maximum atomic E-state index is 11.2. The van der Waals surface area contributed by atoms with Gasteiger partial charge in [0.1, 0.15) is 0 Å². The summed E-state index contributed by atoms with van der Waals surface area (Å²) in [5, 5.41) is 6.52. The van der Waals surface area contributed by atoms with Crippen LogP contribution in [0.3, 0.4) is 0 Å². The number of nitrogens with one attached hydrogen (secondary N) is 2. The third kappa shape index (κ3) is 7.41. The van der Waals surface area contributed by atoms with Gasteiger partial charge in [-0.15, -0.1) is 0 Å². The van der Waals surface area contributed by atoms with E-state index in [4.69, 9.17) is 15.2 Å². The number of nitrogens with zero attached hydrogens (tertiary/aromatic N) is 1. The lowest BCUT2D eigenvalue weighted by Crippen LogP contribution is -2.38. The van der Waals surface area contributed by atoms with Crippen LogP contribution in [0.2, 0.25) is 0 Å². The van der Waals surface area contributed by atoms with Gasteiger partial charge in [-0.1, -0.05) is 12.1 Å². The highest BCUT2D eigenvalue weighted by Crippen LogP contribution is 2.12. The van der Waals surface area contributed by atoms with E-state index in [1.54, 1.807) is 12.1 Å². The second-order valence-electron chi connectivity index (χ2n) is 6.34. The van der Waals surface area contributed by atoms with E-state index in [0.717, 1.165) is 63.9 Å². The highest BCUT2D eigenvalue weighted by atomic mass is 16.5. The maximum absolute atomic E-state index is 11.2. The molecular weight excluding hydrogens is 332 g/mol. The van der Waals surface area contributed by atoms with Crippen LogP contribution < -0.4 is 16.4 Å². The first-order valence-corrected chi connectivity index (χ1v) is 9.25. The molecule has 1 saturated heterocycles. The Kier molecular flexibility index (Phi) is 8.92. The smallest absolute Gasteiger partial charge is 0.248 e. The number of nitrogens with two attached hydrogens (primary N) is 1. The van der Waals surface area contributed by atoms with E-state index in [2.05, 4.69) is 15.6 Å². The van der Waals surface area contributed by atoms with Gasteiger partial charge < -0.3 is 25.8 Å². The number of hydrogen-bond donors (Lipinski definition) is 3. The van der Waals surface area contributed by atoms with Crippen LogP contribution in [0.4, 0.5) is 0 Å². The number of amides is 1. The lowest BCUT2D eigenvalue weighted by atomic mass is 10.1. The number of rotatable bonds is 10. The van der Waals surface area contributed by atoms with E-state index in [1.807, 2.05) is 19.1 Å². The van der Waals surface area contributed by atoms with E-state index in [9.17, 15) is 4.79 Å². The Hall–Kier alpha value is -2.12. The molecule has 2 rings (SSSR count). The molecule has 7 nitrogen and oxygen atoms in total. The van der Waals surface area contributed by atoms with E-state index in [0.29, 0.717) is 18.0 Å². The van der Waals surface area contributed by atoms with Crippen molar-refractivity contribution in [2.75, 3.05) is 39.5 Å². The van der Waals surface area contributed by atoms with Gasteiger partial charge in [-0.2, -0.15) is 0 Å². The lowest BCUT2D eigenvalue weighted by Gasteiger charge is -2.12. The molecular formula is C19H30N4O3. The van der Waals surface area contributed by atoms with Crippen LogP contribution in [0.5, 0.6) is 0 Å². The molecule has 0 bridgehead atoms. The number of ether oxygens (including phenoxy) is 2. The molecule has 1 heterocycles. The summed E-state index contributed by atoms with van der Waals surface area (Å²) in [6.07, 6.45) is 2.02. The zero-order valence-electron chi connectivity index (χ0n) is 15.5. The monoisotopic (exact) mass is 362 g/mol. The molecule has 7 heteroatoms. The molecule has 1 aromatic carbocycles. The second-order valence-corrected chi connectivity index (χ2v) is 6.34. The fourth-order valence-corrected chi connectivity index (χ4v) is 2.68. The van der Waals surface area contributed by atoms with Gasteiger partial charge in [0.25, 0.3) is 0 Å². The Morgan fingerprint density at radius 2 is 2.31 bits per heavy atom. The van der Waals surface area contributed by atoms with Gasteiger partial charge >= 0.3 is 0 Å². The predicted molar refractivity (Wildman–Crippen MR) is 102 cm³/mol. The predicted octanol–water partition coefficient (Wildman–Crippen LogP) is 1.28. The molecule has 4 N–H and O–H groups in total. The van der Waals surface area contributed by atoms with Crippen molar-refractivity contribution in [1.82, 2.24) is 10.6 Å². The van der Waals surface area contributed by atoms with Crippen LogP contribution in [0.25, 0.3) is 0 Å². The molecule has 1 aliphatic rings. The number of carbonyl (C=O) groups excluding carboxylic acids is 1. The van der Waals surface area contributed by atoms with Gasteiger partial charge in [0.2, 0.25) is 5.91 Å². The minimum absolute atomic E-state index is 0.426. The van der Waals surface area contributed by atoms with Gasteiger partial charge in [0.15, 0.2) is 5.96 Å². The highest BCUT2D eigenvalue weighted by Gasteiger charge is 2.15. The Labute approximate surface area is 155 Å². The third-order valence-electron chi connectivity index (χ3n) is 4.11. The van der Waals surface area contributed by atoms with Crippen LogP contribution in [0, 0.1) is 5.92 Å². The van der Waals surface area contributed by atoms with Crippen molar-refractivity contribution < 1.29 is 14.3 Å². The molecule has 1 aliphatic heterocycles. The largest absolute Gasteiger partial charge is 0.381 e. The molecule has 144 valence electrons. The number of primary amides is 1. The molecule has 0 spiro atoms. The van der Waals surface area contributed by atoms with Crippen LogP contribution >= 0.6 is 0 Å². The minimum atomic E-state index is -0.426. The zero-order chi connectivity index (χ0) is 18.6. The van der Waals surface area contributed by atoms with Crippen molar-refractivity contribution in [3.05, 3.63) is 35.4 Å². The molecule has 0 radical (unpaired) electrons. The van der Waals surface area contributed by atoms with Gasteiger partial charge in [0, 0.05) is 37.8 Å². The molecule has 1 atom stereocenters. The molecule has 0 aliphatic carbocycles. The molecule has 1 amide bonds. The SMILES string of the molecule is CCNC(=NCc1cccc(C(N)=O)c1)NCCCOCC1CCOC1. The van der Waals surface area contributed by atoms with Crippen molar-refractivity contribution in [1.29, 1.82) is 0 Å². The quantitative estimate of drug-likeness (QED) is 0.331. The van der Waals surface area contributed by atoms with Crippen LogP contribution in [-0.4, -0.2) is 51.4 Å². The molecule has 1 unspecified atom stereocenters. The number of guanidine groups is 1. The van der Waals surface area contributed by atoms with Crippen molar-refractivity contribution in [2.45, 2.75) is 26.3 Å². The standard InChI is InChI=1S/C19H30N4O3/c1-2-21-19(22-8-4-9-25-13-16-7-10-26-14-16)23-12-15-5-3-6-17(11-15)18(20)24/h3,5-6,11,16H,2,4,7-10,12-14H2,1H3,(H2,20,24)(H2,21,22,23). The third-order valence-corrected chi connectivity index (χ3v) is 4.11. The first-order valence-electron chi connectivity index (χ1n) is 9.25. The first kappa shape index (κ1) is 20.2. The topological polar surface area (TPSA) is 98.0 Å². The normalized spacial score (nSPS) is 17.3. The summed E-state index contributed by atoms with van der Waals surface area (Å²) in [6.45, 7) is 7.27. The average molecular weight is 362 g/mol. The first-order chi connectivity index (χ1) is 12.7. The maximum Gasteiger partial charge on any atom is 0.248 e. The van der Waals surface area contributed by atoms with E-state index >= 15 is 0 Å². The van der Waals surface area contributed by atoms with Crippen molar-refractivity contribution >= 4 is 11.9 Å². The Balaban J connectivity index is 1.70. The van der Waals surface area contributed by atoms with Crippen LogP contribution in [0.1, 0.15) is 35.7 Å². The summed E-state index contributed by atoms with van der Waals surface area (Å²) in [5.41, 5.74) is 6.76. The second kappa shape index (κ2) is 11.5. The average Bonchev–Trinajstić information content (AvgIpc) is 3.16. The van der Waals surface area contributed by atoms with Crippen LogP contribution in [-0.2, 0) is 16.0 Å². The Morgan fingerprint density at radius 3 is 3.04 bits per heavy atom. The van der Waals surface area contributed by atoms with Crippen molar-refractivity contribution in [3.8, 4) is 0 Å². The summed E-state index contributed by atoms with van der Waals surface area (Å²) in [7, 11) is 0. The summed E-state index contributed by atoms with van der Waals surface area (Å²) < 4.78 is 11.0. The fraction of sp³-hybridized carbons (Fsp3) is 0.579. The number of aliphatic imine (C=N–C) groups is 1. The van der Waals surface area contributed by atoms with E-state index in [1.165, 1.54) is 0 Å². The Bertz CT molecular complexity index is 586. The highest BCUT2D eigenvalue weighted by molar-refractivity contribution is 5.92. The van der Waals surface area contributed by atoms with E-state index in [-0.39, 0.29) is 0 Å². The number of benzene rings is 1. The summed E-state index contributed by atoms with van der Waals surface area (Å²) in [4.78, 5) is 15.8. The molecule has 1 aromatic rings. The van der Waals surface area contributed by atoms with Crippen LogP contribution in [0.15, 0.2) is 29.3 Å². The molecule has 26 heavy (non-hydrogen) atoms.